The number of amides is 2. The number of aliphatic hydroxyl groups is 1. The summed E-state index contributed by atoms with van der Waals surface area (Å²) in [5, 5.41) is 14.5. The summed E-state index contributed by atoms with van der Waals surface area (Å²) in [6.45, 7) is -0.793. The van der Waals surface area contributed by atoms with Gasteiger partial charge in [-0.3, -0.25) is 19.4 Å². The van der Waals surface area contributed by atoms with Crippen molar-refractivity contribution in [1.29, 1.82) is 0 Å². The lowest BCUT2D eigenvalue weighted by Crippen LogP contribution is -2.40. The Morgan fingerprint density at radius 1 is 1.08 bits per heavy atom. The monoisotopic (exact) mass is 823 g/mol. The molecule has 1 aliphatic carbocycles. The van der Waals surface area contributed by atoms with Gasteiger partial charge in [-0.15, -0.1) is 5.06 Å². The Hall–Kier alpha value is -2.73. The van der Waals surface area contributed by atoms with Crippen LogP contribution in [0.5, 0.6) is 0 Å². The molecular formula is C28H32N3O16P3S2. The summed E-state index contributed by atoms with van der Waals surface area (Å²) >= 11 is 0. The number of pyridine rings is 1. The molecule has 2 amide bonds. The number of imide groups is 1. The number of carbonyl (C=O) groups excluding carboxylic acids is 3. The van der Waals surface area contributed by atoms with Gasteiger partial charge in [0.1, 0.15) is 17.2 Å². The number of hydroxylamine groups is 2. The molecule has 3 aliphatic rings. The number of ether oxygens (including phenoxy) is 1. The van der Waals surface area contributed by atoms with Gasteiger partial charge in [0.25, 0.3) is 11.8 Å². The molecule has 282 valence electrons. The first-order valence-electron chi connectivity index (χ1n) is 14.9. The van der Waals surface area contributed by atoms with Crippen molar-refractivity contribution in [2.75, 3.05) is 18.9 Å². The van der Waals surface area contributed by atoms with Gasteiger partial charge in [0.05, 0.1) is 38.2 Å². The van der Waals surface area contributed by atoms with Gasteiger partial charge < -0.3 is 34.3 Å². The van der Waals surface area contributed by atoms with Gasteiger partial charge in [-0.2, -0.15) is 8.62 Å². The Labute approximate surface area is 304 Å². The van der Waals surface area contributed by atoms with E-state index in [1.807, 2.05) is 12.1 Å². The lowest BCUT2D eigenvalue weighted by Gasteiger charge is -2.19. The topological polar surface area (TPSA) is 278 Å². The zero-order valence-electron chi connectivity index (χ0n) is 26.6. The second-order valence-corrected chi connectivity index (χ2v) is 17.5. The molecule has 6 atom stereocenters. The highest BCUT2D eigenvalue weighted by Gasteiger charge is 2.43. The van der Waals surface area contributed by atoms with Crippen molar-refractivity contribution in [1.82, 2.24) is 15.4 Å². The van der Waals surface area contributed by atoms with Crippen LogP contribution in [0, 0.1) is 11.8 Å². The van der Waals surface area contributed by atoms with Gasteiger partial charge in [0.15, 0.2) is 0 Å². The van der Waals surface area contributed by atoms with E-state index in [4.69, 9.17) is 19.4 Å². The largest absolute Gasteiger partial charge is 0.490 e. The van der Waals surface area contributed by atoms with Crippen LogP contribution in [0.1, 0.15) is 19.3 Å². The Morgan fingerprint density at radius 3 is 2.58 bits per heavy atom. The first-order valence-corrected chi connectivity index (χ1v) is 21.7. The Bertz CT molecular complexity index is 1830. The van der Waals surface area contributed by atoms with Gasteiger partial charge in [0, 0.05) is 23.9 Å². The van der Waals surface area contributed by atoms with Crippen LogP contribution >= 0.6 is 45.1 Å². The summed E-state index contributed by atoms with van der Waals surface area (Å²) in [7, 11) is -13.9. The van der Waals surface area contributed by atoms with E-state index < -0.39 is 72.2 Å². The average molecular weight is 824 g/mol. The number of phosphoric ester groups is 1. The molecule has 2 saturated heterocycles. The van der Waals surface area contributed by atoms with E-state index in [0.29, 0.717) is 22.0 Å². The molecule has 0 aromatic carbocycles. The summed E-state index contributed by atoms with van der Waals surface area (Å²) in [6.07, 6.45) is 8.32. The highest BCUT2D eigenvalue weighted by atomic mass is 33.1. The minimum Gasteiger partial charge on any atom is -0.390 e. The Kier molecular flexibility index (Phi) is 15.4. The van der Waals surface area contributed by atoms with Crippen LogP contribution in [-0.2, 0) is 50.8 Å². The van der Waals surface area contributed by atoms with E-state index >= 15 is 0 Å². The fourth-order valence-corrected chi connectivity index (χ4v) is 9.32. The molecule has 4 rings (SSSR count). The van der Waals surface area contributed by atoms with Crippen LogP contribution in [0.3, 0.4) is 0 Å². The summed E-state index contributed by atoms with van der Waals surface area (Å²) in [5.41, 5.74) is 1.10. The maximum Gasteiger partial charge on any atom is 0.490 e. The Morgan fingerprint density at radius 2 is 1.85 bits per heavy atom. The van der Waals surface area contributed by atoms with Gasteiger partial charge in [-0.05, 0) is 40.7 Å². The van der Waals surface area contributed by atoms with Crippen LogP contribution in [0.15, 0.2) is 77.0 Å². The van der Waals surface area contributed by atoms with E-state index in [2.05, 4.69) is 35.3 Å². The molecule has 0 spiro atoms. The van der Waals surface area contributed by atoms with Crippen LogP contribution in [-0.4, -0.2) is 95.8 Å². The summed E-state index contributed by atoms with van der Waals surface area (Å²) in [6, 6.07) is 4.52. The molecule has 2 aliphatic heterocycles. The van der Waals surface area contributed by atoms with Gasteiger partial charge in [0.2, 0.25) is 0 Å². The second-order valence-electron chi connectivity index (χ2n) is 10.6. The van der Waals surface area contributed by atoms with Crippen LogP contribution in [0.2, 0.25) is 0 Å². The van der Waals surface area contributed by atoms with Crippen molar-refractivity contribution in [2.45, 2.75) is 48.6 Å². The van der Waals surface area contributed by atoms with Crippen molar-refractivity contribution in [2.24, 2.45) is 0 Å². The first-order chi connectivity index (χ1) is 24.5. The number of carbonyl (C=O) groups is 3. The highest BCUT2D eigenvalue weighted by molar-refractivity contribution is 8.76. The molecule has 3 heterocycles. The van der Waals surface area contributed by atoms with Crippen LogP contribution in [0.4, 0.5) is 0 Å². The zero-order valence-corrected chi connectivity index (χ0v) is 30.9. The van der Waals surface area contributed by atoms with E-state index in [1.54, 1.807) is 48.7 Å². The molecular weight excluding hydrogens is 791 g/mol. The third kappa shape index (κ3) is 13.9. The highest BCUT2D eigenvalue weighted by Crippen LogP contribution is 2.66. The molecule has 4 unspecified atom stereocenters. The molecule has 19 nitrogen and oxygen atoms in total. The second kappa shape index (κ2) is 19.0. The smallest absolute Gasteiger partial charge is 0.390 e. The fraction of sp³-hybridized carbons (Fsp3) is 0.357. The minimum atomic E-state index is -5.70. The Balaban J connectivity index is 1.20. The van der Waals surface area contributed by atoms with Crippen molar-refractivity contribution in [3.05, 3.63) is 72.0 Å². The zero-order chi connectivity index (χ0) is 37.9. The average Bonchev–Trinajstić information content (AvgIpc) is 3.53. The van der Waals surface area contributed by atoms with E-state index in [-0.39, 0.29) is 25.8 Å². The summed E-state index contributed by atoms with van der Waals surface area (Å²) < 4.78 is 52.0. The molecule has 1 aromatic rings. The van der Waals surface area contributed by atoms with Gasteiger partial charge in [-0.25, -0.2) is 23.5 Å². The van der Waals surface area contributed by atoms with Crippen LogP contribution in [0.25, 0.3) is 0 Å². The third-order valence-corrected chi connectivity index (χ3v) is 12.8. The molecule has 0 bridgehead atoms. The lowest BCUT2D eigenvalue weighted by atomic mass is 10.0. The standard InChI is InChI=1S/C28H32N3O16P3S2/c32-22-17-23(44-24(22)18-43-49(39,40)47-50(41,42)46-48(36,37)38)20-8-2-1-6-19(10-11-20)7-5-14-29-21-16-26(33)31(28(21)35)45-27(34)12-15-51-52-25-9-3-4-13-30-25/h1-4,6,8-11,13,21-24,29,32H,12,14-18H2,(H,39,40)(H,41,42)(H2,36,37,38)/b2-1-,6-1?,8-2?,11-10?,19-6?,19-10?,20-8+,20-11?/t21?,22?,23-,24-/m1/s1. The number of nitrogens with zero attached hydrogens (tertiary/aromatic N) is 2. The molecule has 52 heavy (non-hydrogen) atoms. The maximum absolute atomic E-state index is 12.7. The SMILES string of the molecule is O=C(CCSSc1ccccn1)ON1C(=O)CC(NCC#CC2=C/C=C\C=C(\[C@H]3CC(O)[C@@H](COP(=O)(O)OP(=O)(O)OP(=O)(O)O)O3)C=C2)C1=O. The lowest BCUT2D eigenvalue weighted by molar-refractivity contribution is -0.197. The normalized spacial score (nSPS) is 25.8. The number of nitrogens with one attached hydrogen (secondary N) is 1. The summed E-state index contributed by atoms with van der Waals surface area (Å²) in [5.74, 6) is 4.05. The molecule has 2 fully saturated rings. The molecule has 6 N–H and O–H groups in total. The quantitative estimate of drug-likeness (QED) is 0.0458. The van der Waals surface area contributed by atoms with Crippen LogP contribution < -0.4 is 5.32 Å². The van der Waals surface area contributed by atoms with E-state index in [9.17, 15) is 43.0 Å². The van der Waals surface area contributed by atoms with Gasteiger partial charge >= 0.3 is 29.4 Å². The molecule has 24 heteroatoms. The number of aromatic nitrogens is 1. The molecule has 0 saturated carbocycles. The van der Waals surface area contributed by atoms with Gasteiger partial charge in [-0.1, -0.05) is 53.0 Å². The number of hydrogen-bond donors (Lipinski definition) is 6. The number of phosphoric acid groups is 3. The predicted molar refractivity (Wildman–Crippen MR) is 183 cm³/mol. The number of rotatable bonds is 16. The van der Waals surface area contributed by atoms with Crippen molar-refractivity contribution in [3.63, 3.8) is 0 Å². The van der Waals surface area contributed by atoms with E-state index in [0.717, 1.165) is 5.03 Å². The molecule has 1 aromatic heterocycles. The number of allylic oxidation sites excluding steroid dienone is 6. The number of hydrogen-bond acceptors (Lipinski definition) is 16. The summed E-state index contributed by atoms with van der Waals surface area (Å²) in [4.78, 5) is 82.6. The fourth-order valence-electron chi connectivity index (χ4n) is 4.44. The maximum atomic E-state index is 12.7. The number of aliphatic hydroxyl groups excluding tert-OH is 1. The minimum absolute atomic E-state index is 0.0135. The predicted octanol–water partition coefficient (Wildman–Crippen LogP) is 2.23. The first kappa shape index (κ1) is 42.0. The third-order valence-electron chi connectivity index (χ3n) is 6.68. The van der Waals surface area contributed by atoms with Crippen molar-refractivity contribution in [3.8, 4) is 11.8 Å². The van der Waals surface area contributed by atoms with E-state index in [1.165, 1.54) is 21.6 Å². The molecule has 0 radical (unpaired) electrons. The van der Waals surface area contributed by atoms with Crippen molar-refractivity contribution >= 4 is 62.8 Å². The van der Waals surface area contributed by atoms with Crippen molar-refractivity contribution < 1.29 is 75.5 Å².